The second kappa shape index (κ2) is 5.18. The van der Waals surface area contributed by atoms with E-state index < -0.39 is 0 Å². The average molecular weight is 161 g/mol. The molecule has 0 saturated carbocycles. The quantitative estimate of drug-likeness (QED) is 0.224. The predicted molar refractivity (Wildman–Crippen MR) is 38.6 cm³/mol. The van der Waals surface area contributed by atoms with Crippen molar-refractivity contribution in [3.8, 4) is 5.75 Å². The van der Waals surface area contributed by atoms with E-state index in [2.05, 4.69) is 5.16 Å². The zero-order valence-corrected chi connectivity index (χ0v) is 8.23. The van der Waals surface area contributed by atoms with Gasteiger partial charge in [-0.05, 0) is 12.1 Å². The van der Waals surface area contributed by atoms with E-state index >= 15 is 0 Å². The van der Waals surface area contributed by atoms with E-state index in [0.717, 1.165) is 0 Å². The molecule has 4 heteroatoms. The summed E-state index contributed by atoms with van der Waals surface area (Å²) >= 11 is 0. The largest absolute Gasteiger partial charge is 1.00 e. The standard InChI is InChI=1S/C7H7NO2.Na.H/c9-7-4-2-1-3-6(7)5-8-10;;/h1-5,9-10H;;/q;+1;-1/b8-5-;;. The number of benzene rings is 1. The topological polar surface area (TPSA) is 52.8 Å². The fourth-order valence-corrected chi connectivity index (χ4v) is 0.659. The van der Waals surface area contributed by atoms with Gasteiger partial charge >= 0.3 is 29.6 Å². The summed E-state index contributed by atoms with van der Waals surface area (Å²) in [5.41, 5.74) is 0.505. The summed E-state index contributed by atoms with van der Waals surface area (Å²) in [4.78, 5) is 0. The third kappa shape index (κ3) is 2.93. The fraction of sp³-hybridized carbons (Fsp3) is 0. The van der Waals surface area contributed by atoms with Gasteiger partial charge in [0.2, 0.25) is 0 Å². The Morgan fingerprint density at radius 3 is 2.55 bits per heavy atom. The van der Waals surface area contributed by atoms with Gasteiger partial charge in [-0.2, -0.15) is 0 Å². The van der Waals surface area contributed by atoms with Crippen molar-refractivity contribution in [3.63, 3.8) is 0 Å². The average Bonchev–Trinajstić information content (AvgIpc) is 1.94. The molecule has 0 fully saturated rings. The van der Waals surface area contributed by atoms with Crippen LogP contribution in [0.3, 0.4) is 0 Å². The molecule has 2 N–H and O–H groups in total. The molecule has 54 valence electrons. The number of phenolic OH excluding ortho intramolecular Hbond substituents is 1. The molecule has 0 bridgehead atoms. The Balaban J connectivity index is 0. The van der Waals surface area contributed by atoms with E-state index in [9.17, 15) is 0 Å². The zero-order chi connectivity index (χ0) is 7.40. The van der Waals surface area contributed by atoms with Crippen LogP contribution in [0.4, 0.5) is 0 Å². The van der Waals surface area contributed by atoms with E-state index in [0.29, 0.717) is 5.56 Å². The molecular formula is C7H8NNaO2. The van der Waals surface area contributed by atoms with E-state index in [-0.39, 0.29) is 36.7 Å². The fourth-order valence-electron chi connectivity index (χ4n) is 0.659. The van der Waals surface area contributed by atoms with Gasteiger partial charge in [-0.25, -0.2) is 0 Å². The molecule has 1 rings (SSSR count). The molecule has 1 aromatic rings. The van der Waals surface area contributed by atoms with E-state index in [1.165, 1.54) is 12.3 Å². The first-order valence-corrected chi connectivity index (χ1v) is 2.80. The van der Waals surface area contributed by atoms with Gasteiger partial charge in [0, 0.05) is 5.56 Å². The monoisotopic (exact) mass is 161 g/mol. The molecule has 0 amide bonds. The van der Waals surface area contributed by atoms with Crippen molar-refractivity contribution < 1.29 is 41.3 Å². The maximum absolute atomic E-state index is 9.04. The number of oxime groups is 1. The predicted octanol–water partition coefficient (Wildman–Crippen LogP) is -1.68. The van der Waals surface area contributed by atoms with Crippen LogP contribution < -0.4 is 29.6 Å². The van der Waals surface area contributed by atoms with Crippen molar-refractivity contribution in [1.82, 2.24) is 0 Å². The van der Waals surface area contributed by atoms with Gasteiger partial charge in [-0.3, -0.25) is 0 Å². The van der Waals surface area contributed by atoms with Crippen LogP contribution in [0, 0.1) is 0 Å². The van der Waals surface area contributed by atoms with E-state index in [1.54, 1.807) is 18.2 Å². The number of nitrogens with zero attached hydrogens (tertiary/aromatic N) is 1. The molecule has 0 aliphatic carbocycles. The van der Waals surface area contributed by atoms with E-state index in [4.69, 9.17) is 10.3 Å². The van der Waals surface area contributed by atoms with Crippen molar-refractivity contribution >= 4 is 6.21 Å². The summed E-state index contributed by atoms with van der Waals surface area (Å²) in [7, 11) is 0. The van der Waals surface area contributed by atoms with Gasteiger partial charge in [0.25, 0.3) is 0 Å². The zero-order valence-electron chi connectivity index (χ0n) is 7.23. The Morgan fingerprint density at radius 1 is 1.36 bits per heavy atom. The first-order chi connectivity index (χ1) is 4.84. The molecule has 0 saturated heterocycles. The molecule has 11 heavy (non-hydrogen) atoms. The summed E-state index contributed by atoms with van der Waals surface area (Å²) in [6, 6.07) is 6.62. The maximum atomic E-state index is 9.04. The molecule has 3 nitrogen and oxygen atoms in total. The molecule has 0 aromatic heterocycles. The first-order valence-electron chi connectivity index (χ1n) is 2.80. The van der Waals surface area contributed by atoms with Gasteiger partial charge in [0.05, 0.1) is 6.21 Å². The Bertz CT molecular complexity index is 255. The maximum Gasteiger partial charge on any atom is 1.00 e. The Morgan fingerprint density at radius 2 is 2.00 bits per heavy atom. The number of phenols is 1. The second-order valence-corrected chi connectivity index (χ2v) is 1.80. The third-order valence-corrected chi connectivity index (χ3v) is 1.13. The molecule has 0 aliphatic rings. The third-order valence-electron chi connectivity index (χ3n) is 1.13. The smallest absolute Gasteiger partial charge is 1.00 e. The minimum absolute atomic E-state index is 0. The normalized spacial score (nSPS) is 9.45. The SMILES string of the molecule is O/N=C\c1ccccc1O.[H-].[Na+]. The van der Waals surface area contributed by atoms with Crippen LogP contribution in [0.5, 0.6) is 5.75 Å². The van der Waals surface area contributed by atoms with E-state index in [1.807, 2.05) is 0 Å². The van der Waals surface area contributed by atoms with Gasteiger partial charge in [-0.15, -0.1) is 0 Å². The van der Waals surface area contributed by atoms with Crippen molar-refractivity contribution in [2.45, 2.75) is 0 Å². The summed E-state index contributed by atoms with van der Waals surface area (Å²) in [6.07, 6.45) is 1.18. The summed E-state index contributed by atoms with van der Waals surface area (Å²) in [6.45, 7) is 0. The number of rotatable bonds is 1. The number of hydrogen-bond acceptors (Lipinski definition) is 3. The first kappa shape index (κ1) is 10.5. The van der Waals surface area contributed by atoms with Crippen molar-refractivity contribution in [3.05, 3.63) is 29.8 Å². The molecule has 0 aliphatic heterocycles. The van der Waals surface area contributed by atoms with Crippen LogP contribution in [0.25, 0.3) is 0 Å². The summed E-state index contributed by atoms with van der Waals surface area (Å²) < 4.78 is 0. The van der Waals surface area contributed by atoms with Crippen LogP contribution in [0.2, 0.25) is 0 Å². The van der Waals surface area contributed by atoms with Crippen molar-refractivity contribution in [2.75, 3.05) is 0 Å². The van der Waals surface area contributed by atoms with Crippen LogP contribution in [0.15, 0.2) is 29.4 Å². The summed E-state index contributed by atoms with van der Waals surface area (Å²) in [5.74, 6) is 0.111. The molecule has 0 heterocycles. The van der Waals surface area contributed by atoms with Crippen LogP contribution in [-0.2, 0) is 0 Å². The molecular weight excluding hydrogens is 153 g/mol. The van der Waals surface area contributed by atoms with Crippen molar-refractivity contribution in [1.29, 1.82) is 0 Å². The molecule has 0 unspecified atom stereocenters. The summed E-state index contributed by atoms with van der Waals surface area (Å²) in [5, 5.41) is 19.9. The minimum atomic E-state index is 0. The van der Waals surface area contributed by atoms with Gasteiger partial charge in [0.15, 0.2) is 0 Å². The van der Waals surface area contributed by atoms with Crippen molar-refractivity contribution in [2.24, 2.45) is 5.16 Å². The number of aromatic hydroxyl groups is 1. The number of para-hydroxylation sites is 1. The van der Waals surface area contributed by atoms with Crippen LogP contribution in [-0.4, -0.2) is 16.5 Å². The van der Waals surface area contributed by atoms with Gasteiger partial charge < -0.3 is 11.7 Å². The van der Waals surface area contributed by atoms with Crippen LogP contribution >= 0.6 is 0 Å². The molecule has 0 spiro atoms. The minimum Gasteiger partial charge on any atom is -1.00 e. The Kier molecular flexibility index (Phi) is 4.94. The van der Waals surface area contributed by atoms with Gasteiger partial charge in [-0.1, -0.05) is 17.3 Å². The Labute approximate surface area is 88.1 Å². The molecule has 1 aromatic carbocycles. The Hall–Kier alpha value is -0.510. The molecule has 0 atom stereocenters. The number of hydrogen-bond donors (Lipinski definition) is 2. The second-order valence-electron chi connectivity index (χ2n) is 1.80. The van der Waals surface area contributed by atoms with Crippen LogP contribution in [0.1, 0.15) is 6.99 Å². The molecule has 0 radical (unpaired) electrons. The van der Waals surface area contributed by atoms with Gasteiger partial charge in [0.1, 0.15) is 5.75 Å².